The van der Waals surface area contributed by atoms with Crippen LogP contribution in [0.3, 0.4) is 0 Å². The number of halogens is 4. The fourth-order valence-corrected chi connectivity index (χ4v) is 3.72. The predicted molar refractivity (Wildman–Crippen MR) is 83.4 cm³/mol. The van der Waals surface area contributed by atoms with Gasteiger partial charge in [0.1, 0.15) is 0 Å². The Kier molecular flexibility index (Phi) is 6.15. The van der Waals surface area contributed by atoms with Crippen LogP contribution in [0, 0.1) is 5.92 Å². The second kappa shape index (κ2) is 7.66. The summed E-state index contributed by atoms with van der Waals surface area (Å²) in [5.74, 6) is 0.734. The molecule has 2 rings (SSSR count). The molecular formula is C17H22BrF3. The van der Waals surface area contributed by atoms with Gasteiger partial charge in [-0.3, -0.25) is 0 Å². The molecule has 0 radical (unpaired) electrons. The Morgan fingerprint density at radius 1 is 1.05 bits per heavy atom. The van der Waals surface area contributed by atoms with Crippen molar-refractivity contribution in [3.8, 4) is 0 Å². The summed E-state index contributed by atoms with van der Waals surface area (Å²) in [5, 5.41) is 0. The molecule has 0 N–H and O–H groups in total. The molecule has 0 spiro atoms. The highest BCUT2D eigenvalue weighted by molar-refractivity contribution is 9.10. The van der Waals surface area contributed by atoms with Gasteiger partial charge in [0.05, 0.1) is 0 Å². The van der Waals surface area contributed by atoms with Gasteiger partial charge in [-0.05, 0) is 55.2 Å². The van der Waals surface area contributed by atoms with E-state index in [0.29, 0.717) is 12.3 Å². The van der Waals surface area contributed by atoms with Crippen molar-refractivity contribution in [3.05, 3.63) is 34.3 Å². The minimum atomic E-state index is -4.01. The highest BCUT2D eigenvalue weighted by atomic mass is 79.9. The molecule has 0 amide bonds. The van der Waals surface area contributed by atoms with Gasteiger partial charge in [0.25, 0.3) is 0 Å². The standard InChI is InChI=1S/C17H22BrF3/c18-16-7-3-6-15(12-16)14-5-2-1-4-13(8-9-14)10-11-17(19,20)21/h3,6-7,12-14H,1-2,4-5,8-11H2. The summed E-state index contributed by atoms with van der Waals surface area (Å²) in [6.45, 7) is 0. The molecule has 0 saturated heterocycles. The Bertz CT molecular complexity index is 442. The summed E-state index contributed by atoms with van der Waals surface area (Å²) in [4.78, 5) is 0. The summed E-state index contributed by atoms with van der Waals surface area (Å²) >= 11 is 3.50. The Morgan fingerprint density at radius 3 is 2.52 bits per heavy atom. The molecule has 1 aliphatic carbocycles. The first-order valence-electron chi connectivity index (χ1n) is 7.76. The quantitative estimate of drug-likeness (QED) is 0.551. The minimum absolute atomic E-state index is 0.238. The van der Waals surface area contributed by atoms with Crippen molar-refractivity contribution >= 4 is 15.9 Å². The van der Waals surface area contributed by atoms with Crippen molar-refractivity contribution in [1.29, 1.82) is 0 Å². The molecule has 2 unspecified atom stereocenters. The molecule has 2 atom stereocenters. The van der Waals surface area contributed by atoms with Gasteiger partial charge in [-0.25, -0.2) is 0 Å². The summed E-state index contributed by atoms with van der Waals surface area (Å²) in [7, 11) is 0. The van der Waals surface area contributed by atoms with Crippen LogP contribution in [-0.2, 0) is 0 Å². The lowest BCUT2D eigenvalue weighted by Gasteiger charge is -2.25. The number of rotatable bonds is 3. The third kappa shape index (κ3) is 6.01. The van der Waals surface area contributed by atoms with Crippen molar-refractivity contribution in [2.24, 2.45) is 5.92 Å². The fourth-order valence-electron chi connectivity index (χ4n) is 3.30. The van der Waals surface area contributed by atoms with Crippen LogP contribution < -0.4 is 0 Å². The Balaban J connectivity index is 1.92. The first kappa shape index (κ1) is 16.9. The van der Waals surface area contributed by atoms with Crippen LogP contribution in [0.1, 0.15) is 62.8 Å². The molecule has 0 bridgehead atoms. The van der Waals surface area contributed by atoms with Crippen LogP contribution in [0.25, 0.3) is 0 Å². The van der Waals surface area contributed by atoms with Gasteiger partial charge in [0.15, 0.2) is 0 Å². The normalized spacial score (nSPS) is 24.4. The largest absolute Gasteiger partial charge is 0.389 e. The lowest BCUT2D eigenvalue weighted by molar-refractivity contribution is -0.137. The predicted octanol–water partition coefficient (Wildman–Crippen LogP) is 6.85. The zero-order valence-corrected chi connectivity index (χ0v) is 13.7. The van der Waals surface area contributed by atoms with Crippen molar-refractivity contribution < 1.29 is 13.2 Å². The summed E-state index contributed by atoms with van der Waals surface area (Å²) in [5.41, 5.74) is 1.32. The van der Waals surface area contributed by atoms with E-state index in [1.165, 1.54) is 5.56 Å². The Morgan fingerprint density at radius 2 is 1.81 bits per heavy atom. The molecule has 4 heteroatoms. The molecule has 0 aliphatic heterocycles. The van der Waals surface area contributed by atoms with Gasteiger partial charge in [-0.15, -0.1) is 0 Å². The topological polar surface area (TPSA) is 0 Å². The van der Waals surface area contributed by atoms with Crippen LogP contribution in [0.15, 0.2) is 28.7 Å². The Hall–Kier alpha value is -0.510. The average Bonchev–Trinajstić information content (AvgIpc) is 2.36. The van der Waals surface area contributed by atoms with E-state index in [2.05, 4.69) is 28.1 Å². The molecule has 118 valence electrons. The van der Waals surface area contributed by atoms with Crippen molar-refractivity contribution in [3.63, 3.8) is 0 Å². The number of hydrogen-bond acceptors (Lipinski definition) is 0. The van der Waals surface area contributed by atoms with Crippen molar-refractivity contribution in [1.82, 2.24) is 0 Å². The third-order valence-electron chi connectivity index (χ3n) is 4.49. The van der Waals surface area contributed by atoms with Gasteiger partial charge in [0, 0.05) is 10.9 Å². The Labute approximate surface area is 133 Å². The van der Waals surface area contributed by atoms with Crippen molar-refractivity contribution in [2.45, 2.75) is 63.5 Å². The van der Waals surface area contributed by atoms with Crippen LogP contribution in [0.5, 0.6) is 0 Å². The minimum Gasteiger partial charge on any atom is -0.171 e. The van der Waals surface area contributed by atoms with E-state index < -0.39 is 12.6 Å². The second-order valence-corrected chi connectivity index (χ2v) is 7.05. The van der Waals surface area contributed by atoms with E-state index >= 15 is 0 Å². The highest BCUT2D eigenvalue weighted by Crippen LogP contribution is 2.36. The molecule has 1 saturated carbocycles. The van der Waals surface area contributed by atoms with E-state index in [9.17, 15) is 13.2 Å². The van der Waals surface area contributed by atoms with Crippen LogP contribution in [-0.4, -0.2) is 6.18 Å². The SMILES string of the molecule is FC(F)(F)CCC1CCCCC(c2cccc(Br)c2)CC1. The van der Waals surface area contributed by atoms with E-state index in [0.717, 1.165) is 43.0 Å². The number of benzene rings is 1. The maximum absolute atomic E-state index is 12.4. The van der Waals surface area contributed by atoms with Crippen molar-refractivity contribution in [2.75, 3.05) is 0 Å². The smallest absolute Gasteiger partial charge is 0.171 e. The van der Waals surface area contributed by atoms with Gasteiger partial charge in [0.2, 0.25) is 0 Å². The lowest BCUT2D eigenvalue weighted by atomic mass is 9.80. The monoisotopic (exact) mass is 362 g/mol. The number of hydrogen-bond donors (Lipinski definition) is 0. The second-order valence-electron chi connectivity index (χ2n) is 6.13. The fraction of sp³-hybridized carbons (Fsp3) is 0.647. The van der Waals surface area contributed by atoms with E-state index in [4.69, 9.17) is 0 Å². The molecule has 0 nitrogen and oxygen atoms in total. The molecule has 1 fully saturated rings. The van der Waals surface area contributed by atoms with Gasteiger partial charge >= 0.3 is 6.18 Å². The number of alkyl halides is 3. The summed E-state index contributed by atoms with van der Waals surface area (Å²) in [6.07, 6.45) is 1.91. The third-order valence-corrected chi connectivity index (χ3v) is 4.99. The molecule has 21 heavy (non-hydrogen) atoms. The molecule has 0 heterocycles. The van der Waals surface area contributed by atoms with Gasteiger partial charge in [-0.1, -0.05) is 47.3 Å². The molecule has 1 aromatic carbocycles. The van der Waals surface area contributed by atoms with E-state index in [1.54, 1.807) is 0 Å². The highest BCUT2D eigenvalue weighted by Gasteiger charge is 2.29. The summed E-state index contributed by atoms with van der Waals surface area (Å²) < 4.78 is 38.2. The van der Waals surface area contributed by atoms with Crippen LogP contribution >= 0.6 is 15.9 Å². The van der Waals surface area contributed by atoms with Gasteiger partial charge < -0.3 is 0 Å². The average molecular weight is 363 g/mol. The van der Waals surface area contributed by atoms with E-state index in [1.807, 2.05) is 12.1 Å². The molecule has 0 aromatic heterocycles. The lowest BCUT2D eigenvalue weighted by Crippen LogP contribution is -2.14. The zero-order valence-electron chi connectivity index (χ0n) is 12.1. The first-order chi connectivity index (χ1) is 9.94. The maximum Gasteiger partial charge on any atom is 0.389 e. The molecule has 1 aromatic rings. The molecule has 1 aliphatic rings. The van der Waals surface area contributed by atoms with Gasteiger partial charge in [-0.2, -0.15) is 13.2 Å². The van der Waals surface area contributed by atoms with Crippen LogP contribution in [0.2, 0.25) is 0 Å². The van der Waals surface area contributed by atoms with Crippen LogP contribution in [0.4, 0.5) is 13.2 Å². The van der Waals surface area contributed by atoms with E-state index in [-0.39, 0.29) is 5.92 Å². The first-order valence-corrected chi connectivity index (χ1v) is 8.55. The maximum atomic E-state index is 12.4. The zero-order chi connectivity index (χ0) is 15.3. The molecular weight excluding hydrogens is 341 g/mol. The summed E-state index contributed by atoms with van der Waals surface area (Å²) in [6, 6.07) is 8.34.